The molecule has 0 aliphatic heterocycles. The molecule has 2 nitrogen and oxygen atoms in total. The van der Waals surface area contributed by atoms with Crippen LogP contribution in [0.5, 0.6) is 5.75 Å². The third-order valence-electron chi connectivity index (χ3n) is 2.12. The van der Waals surface area contributed by atoms with Crippen molar-refractivity contribution in [2.45, 2.75) is 0 Å². The number of rotatable bonds is 1. The molecular weight excluding hydrogens is 231 g/mol. The molecule has 1 N–H and O–H groups in total. The van der Waals surface area contributed by atoms with Crippen molar-refractivity contribution in [3.63, 3.8) is 0 Å². The summed E-state index contributed by atoms with van der Waals surface area (Å²) in [6.45, 7) is 0. The van der Waals surface area contributed by atoms with Crippen LogP contribution in [0.25, 0.3) is 11.1 Å². The Kier molecular flexibility index (Phi) is 2.84. The van der Waals surface area contributed by atoms with Crippen molar-refractivity contribution in [1.29, 1.82) is 0 Å². The molecule has 0 bridgehead atoms. The molecule has 0 saturated carbocycles. The van der Waals surface area contributed by atoms with Crippen LogP contribution < -0.4 is 5.30 Å². The van der Waals surface area contributed by atoms with Gasteiger partial charge in [0.05, 0.1) is 0 Å². The molecule has 0 spiro atoms. The van der Waals surface area contributed by atoms with Gasteiger partial charge in [-0.3, -0.25) is 0 Å². The molecular formula is C11H8F2NOP. The average Bonchev–Trinajstić information content (AvgIpc) is 2.19. The van der Waals surface area contributed by atoms with Gasteiger partial charge in [0.1, 0.15) is 11.6 Å². The van der Waals surface area contributed by atoms with Gasteiger partial charge in [0, 0.05) is 23.4 Å². The Bertz CT molecular complexity index is 505. The van der Waals surface area contributed by atoms with Gasteiger partial charge in [0.2, 0.25) is 5.95 Å². The second-order valence-electron chi connectivity index (χ2n) is 3.26. The van der Waals surface area contributed by atoms with E-state index in [1.54, 1.807) is 0 Å². The summed E-state index contributed by atoms with van der Waals surface area (Å²) in [4.78, 5) is 3.46. The molecule has 82 valence electrons. The predicted molar refractivity (Wildman–Crippen MR) is 60.6 cm³/mol. The molecule has 0 aliphatic rings. The predicted octanol–water partition coefficient (Wildman–Crippen LogP) is 2.23. The molecule has 5 heteroatoms. The minimum absolute atomic E-state index is 0.152. The molecule has 0 amide bonds. The summed E-state index contributed by atoms with van der Waals surface area (Å²) in [6, 6.07) is 5.01. The fraction of sp³-hybridized carbons (Fsp3) is 0. The fourth-order valence-corrected chi connectivity index (χ4v) is 1.92. The van der Waals surface area contributed by atoms with Crippen molar-refractivity contribution in [3.05, 3.63) is 42.2 Å². The SMILES string of the molecule is Oc1cc(F)c(-c2ccc(F)nc2)c(P)c1. The maximum atomic E-state index is 13.6. The number of hydrogen-bond acceptors (Lipinski definition) is 2. The van der Waals surface area contributed by atoms with E-state index in [2.05, 4.69) is 14.2 Å². The maximum Gasteiger partial charge on any atom is 0.212 e. The summed E-state index contributed by atoms with van der Waals surface area (Å²) < 4.78 is 26.2. The Balaban J connectivity index is 2.60. The van der Waals surface area contributed by atoms with Crippen molar-refractivity contribution in [3.8, 4) is 16.9 Å². The Hall–Kier alpha value is -1.54. The summed E-state index contributed by atoms with van der Waals surface area (Å²) in [7, 11) is 2.32. The summed E-state index contributed by atoms with van der Waals surface area (Å²) in [5.74, 6) is -1.34. The molecule has 2 aromatic rings. The van der Waals surface area contributed by atoms with Gasteiger partial charge in [-0.25, -0.2) is 9.37 Å². The zero-order chi connectivity index (χ0) is 11.7. The Morgan fingerprint density at radius 2 is 1.94 bits per heavy atom. The lowest BCUT2D eigenvalue weighted by Gasteiger charge is -2.07. The van der Waals surface area contributed by atoms with Crippen LogP contribution in [0.4, 0.5) is 8.78 Å². The van der Waals surface area contributed by atoms with Gasteiger partial charge in [-0.15, -0.1) is 9.24 Å². The molecule has 0 aliphatic carbocycles. The normalized spacial score (nSPS) is 10.4. The highest BCUT2D eigenvalue weighted by atomic mass is 31.0. The van der Waals surface area contributed by atoms with Crippen molar-refractivity contribution in [2.24, 2.45) is 0 Å². The van der Waals surface area contributed by atoms with Crippen LogP contribution in [0.1, 0.15) is 0 Å². The lowest BCUT2D eigenvalue weighted by atomic mass is 10.1. The third-order valence-corrected chi connectivity index (χ3v) is 2.58. The first kappa shape index (κ1) is 11.0. The number of nitrogens with zero attached hydrogens (tertiary/aromatic N) is 1. The first-order chi connectivity index (χ1) is 7.58. The maximum absolute atomic E-state index is 13.6. The van der Waals surface area contributed by atoms with Gasteiger partial charge in [-0.2, -0.15) is 4.39 Å². The van der Waals surface area contributed by atoms with Crippen molar-refractivity contribution >= 4 is 14.5 Å². The van der Waals surface area contributed by atoms with E-state index >= 15 is 0 Å². The summed E-state index contributed by atoms with van der Waals surface area (Å²) in [5.41, 5.74) is 0.749. The molecule has 1 aromatic heterocycles. The highest BCUT2D eigenvalue weighted by Crippen LogP contribution is 2.25. The molecule has 0 saturated heterocycles. The van der Waals surface area contributed by atoms with Gasteiger partial charge < -0.3 is 5.11 Å². The van der Waals surface area contributed by atoms with Crippen molar-refractivity contribution in [1.82, 2.24) is 4.98 Å². The molecule has 1 unspecified atom stereocenters. The second-order valence-corrected chi connectivity index (χ2v) is 3.88. The third kappa shape index (κ3) is 2.02. The molecule has 2 rings (SSSR count). The lowest BCUT2D eigenvalue weighted by molar-refractivity contribution is 0.470. The number of hydrogen-bond donors (Lipinski definition) is 1. The van der Waals surface area contributed by atoms with Gasteiger partial charge in [-0.1, -0.05) is 0 Å². The van der Waals surface area contributed by atoms with E-state index in [9.17, 15) is 13.9 Å². The summed E-state index contributed by atoms with van der Waals surface area (Å²) >= 11 is 0. The zero-order valence-electron chi connectivity index (χ0n) is 8.11. The van der Waals surface area contributed by atoms with Crippen LogP contribution >= 0.6 is 9.24 Å². The van der Waals surface area contributed by atoms with Gasteiger partial charge >= 0.3 is 0 Å². The smallest absolute Gasteiger partial charge is 0.212 e. The summed E-state index contributed by atoms with van der Waals surface area (Å²) in [5, 5.41) is 9.67. The standard InChI is InChI=1S/C11H8F2NOP/c12-8-3-7(15)4-9(16)11(8)6-1-2-10(13)14-5-6/h1-5,15H,16H2. The monoisotopic (exact) mass is 239 g/mol. The molecule has 1 aromatic carbocycles. The number of phenols is 1. The van der Waals surface area contributed by atoms with Crippen molar-refractivity contribution < 1.29 is 13.9 Å². The van der Waals surface area contributed by atoms with E-state index in [0.29, 0.717) is 10.9 Å². The Labute approximate surface area is 93.2 Å². The van der Waals surface area contributed by atoms with Crippen LogP contribution in [-0.4, -0.2) is 10.1 Å². The van der Waals surface area contributed by atoms with Crippen LogP contribution in [0.3, 0.4) is 0 Å². The van der Waals surface area contributed by atoms with E-state index in [1.807, 2.05) is 0 Å². The average molecular weight is 239 g/mol. The highest BCUT2D eigenvalue weighted by molar-refractivity contribution is 7.28. The number of halogens is 2. The fourth-order valence-electron chi connectivity index (χ4n) is 1.44. The van der Waals surface area contributed by atoms with E-state index < -0.39 is 11.8 Å². The minimum atomic E-state index is -0.617. The first-order valence-corrected chi connectivity index (χ1v) is 5.05. The summed E-state index contributed by atoms with van der Waals surface area (Å²) in [6.07, 6.45) is 1.25. The van der Waals surface area contributed by atoms with E-state index in [1.165, 1.54) is 18.3 Å². The van der Waals surface area contributed by atoms with E-state index in [0.717, 1.165) is 12.1 Å². The molecule has 0 fully saturated rings. The molecule has 1 heterocycles. The van der Waals surface area contributed by atoms with E-state index in [4.69, 9.17) is 0 Å². The van der Waals surface area contributed by atoms with E-state index in [-0.39, 0.29) is 11.3 Å². The number of benzene rings is 1. The first-order valence-electron chi connectivity index (χ1n) is 4.48. The molecule has 1 atom stereocenters. The molecule has 0 radical (unpaired) electrons. The number of pyridine rings is 1. The van der Waals surface area contributed by atoms with Gasteiger partial charge in [-0.05, 0) is 23.5 Å². The van der Waals surface area contributed by atoms with Crippen LogP contribution in [-0.2, 0) is 0 Å². The largest absolute Gasteiger partial charge is 0.508 e. The van der Waals surface area contributed by atoms with Crippen LogP contribution in [0, 0.1) is 11.8 Å². The quantitative estimate of drug-likeness (QED) is 0.611. The minimum Gasteiger partial charge on any atom is -0.508 e. The number of aromatic nitrogens is 1. The Morgan fingerprint density at radius 1 is 1.19 bits per heavy atom. The van der Waals surface area contributed by atoms with Crippen LogP contribution in [0.15, 0.2) is 30.5 Å². The van der Waals surface area contributed by atoms with Gasteiger partial charge in [0.15, 0.2) is 0 Å². The topological polar surface area (TPSA) is 33.1 Å². The Morgan fingerprint density at radius 3 is 2.50 bits per heavy atom. The van der Waals surface area contributed by atoms with Crippen LogP contribution in [0.2, 0.25) is 0 Å². The zero-order valence-corrected chi connectivity index (χ0v) is 9.27. The second kappa shape index (κ2) is 4.14. The molecule has 16 heavy (non-hydrogen) atoms. The lowest BCUT2D eigenvalue weighted by Crippen LogP contribution is -2.01. The number of aromatic hydroxyl groups is 1. The number of phenolic OH excluding ortho intramolecular Hbond substituents is 1. The van der Waals surface area contributed by atoms with Crippen molar-refractivity contribution in [2.75, 3.05) is 0 Å². The van der Waals surface area contributed by atoms with Gasteiger partial charge in [0.25, 0.3) is 0 Å². The highest BCUT2D eigenvalue weighted by Gasteiger charge is 2.10.